The van der Waals surface area contributed by atoms with E-state index in [0.29, 0.717) is 0 Å². The minimum absolute atomic E-state index is 0.804. The summed E-state index contributed by atoms with van der Waals surface area (Å²) in [7, 11) is 0. The number of unbranched alkanes of at least 4 members (excludes halogenated alkanes) is 1. The van der Waals surface area contributed by atoms with E-state index in [1.807, 2.05) is 0 Å². The van der Waals surface area contributed by atoms with Crippen molar-refractivity contribution in [2.75, 3.05) is 13.1 Å². The third kappa shape index (κ3) is 1.31. The third-order valence-corrected chi connectivity index (χ3v) is 3.41. The first kappa shape index (κ1) is 7.60. The van der Waals surface area contributed by atoms with Crippen molar-refractivity contribution < 1.29 is 0 Å². The van der Waals surface area contributed by atoms with Crippen molar-refractivity contribution in [2.24, 2.45) is 11.3 Å². The number of hydrogen-bond donors (Lipinski definition) is 1. The zero-order chi connectivity index (χ0) is 7.73. The minimum atomic E-state index is 0.804. The Bertz CT molecular complexity index is 130. The second-order valence-corrected chi connectivity index (χ2v) is 4.52. The lowest BCUT2D eigenvalue weighted by Crippen LogP contribution is -2.60. The highest BCUT2D eigenvalue weighted by molar-refractivity contribution is 5.02. The average molecular weight is 153 g/mol. The van der Waals surface area contributed by atoms with Gasteiger partial charge >= 0.3 is 0 Å². The lowest BCUT2D eigenvalue weighted by Gasteiger charge is -2.54. The molecule has 1 aliphatic heterocycles. The van der Waals surface area contributed by atoms with Crippen LogP contribution in [-0.4, -0.2) is 13.1 Å². The molecule has 1 nitrogen and oxygen atoms in total. The Morgan fingerprint density at radius 1 is 1.36 bits per heavy atom. The van der Waals surface area contributed by atoms with E-state index in [2.05, 4.69) is 12.2 Å². The fourth-order valence-corrected chi connectivity index (χ4v) is 2.63. The predicted molar refractivity (Wildman–Crippen MR) is 47.6 cm³/mol. The van der Waals surface area contributed by atoms with Gasteiger partial charge in [-0.25, -0.2) is 0 Å². The van der Waals surface area contributed by atoms with Crippen LogP contribution in [0.15, 0.2) is 0 Å². The molecule has 2 rings (SSSR count). The Balaban J connectivity index is 1.63. The van der Waals surface area contributed by atoms with Gasteiger partial charge in [-0.1, -0.05) is 26.2 Å². The van der Waals surface area contributed by atoms with Gasteiger partial charge in [0.15, 0.2) is 0 Å². The van der Waals surface area contributed by atoms with Crippen LogP contribution in [0.4, 0.5) is 0 Å². The van der Waals surface area contributed by atoms with E-state index < -0.39 is 0 Å². The predicted octanol–water partition coefficient (Wildman–Crippen LogP) is 2.18. The monoisotopic (exact) mass is 153 g/mol. The van der Waals surface area contributed by atoms with Crippen LogP contribution in [0.25, 0.3) is 0 Å². The van der Waals surface area contributed by atoms with Crippen LogP contribution < -0.4 is 5.32 Å². The molecule has 0 aromatic heterocycles. The van der Waals surface area contributed by atoms with Gasteiger partial charge in [0.25, 0.3) is 0 Å². The molecule has 1 saturated heterocycles. The first-order valence-corrected chi connectivity index (χ1v) is 5.05. The molecule has 0 bridgehead atoms. The highest BCUT2D eigenvalue weighted by atomic mass is 15.0. The van der Waals surface area contributed by atoms with Crippen LogP contribution in [0, 0.1) is 11.3 Å². The average Bonchev–Trinajstić information content (AvgIpc) is 1.81. The summed E-state index contributed by atoms with van der Waals surface area (Å²) in [4.78, 5) is 0. The summed E-state index contributed by atoms with van der Waals surface area (Å²) in [6, 6.07) is 0. The highest BCUT2D eigenvalue weighted by Gasteiger charge is 2.47. The topological polar surface area (TPSA) is 12.0 Å². The molecule has 11 heavy (non-hydrogen) atoms. The van der Waals surface area contributed by atoms with Crippen molar-refractivity contribution in [3.05, 3.63) is 0 Å². The van der Waals surface area contributed by atoms with Crippen molar-refractivity contribution in [2.45, 2.75) is 39.0 Å². The molecule has 2 fully saturated rings. The van der Waals surface area contributed by atoms with Gasteiger partial charge in [-0.05, 0) is 24.2 Å². The molecule has 0 radical (unpaired) electrons. The number of rotatable bonds is 3. The lowest BCUT2D eigenvalue weighted by molar-refractivity contribution is -0.00407. The maximum atomic E-state index is 3.38. The summed E-state index contributed by atoms with van der Waals surface area (Å²) in [5.74, 6) is 1.09. The van der Waals surface area contributed by atoms with Crippen molar-refractivity contribution in [3.63, 3.8) is 0 Å². The molecule has 1 heteroatoms. The Hall–Kier alpha value is -0.0400. The Morgan fingerprint density at radius 2 is 2.09 bits per heavy atom. The van der Waals surface area contributed by atoms with Crippen LogP contribution in [-0.2, 0) is 0 Å². The fraction of sp³-hybridized carbons (Fsp3) is 1.00. The van der Waals surface area contributed by atoms with Crippen molar-refractivity contribution >= 4 is 0 Å². The van der Waals surface area contributed by atoms with E-state index in [-0.39, 0.29) is 0 Å². The summed E-state index contributed by atoms with van der Waals surface area (Å²) >= 11 is 0. The highest BCUT2D eigenvalue weighted by Crippen LogP contribution is 2.50. The quantitative estimate of drug-likeness (QED) is 0.655. The second kappa shape index (κ2) is 2.78. The maximum Gasteiger partial charge on any atom is 0.00204 e. The second-order valence-electron chi connectivity index (χ2n) is 4.52. The molecular weight excluding hydrogens is 134 g/mol. The molecule has 1 heterocycles. The zero-order valence-corrected chi connectivity index (χ0v) is 7.53. The van der Waals surface area contributed by atoms with Gasteiger partial charge in [0.05, 0.1) is 0 Å². The molecule has 1 N–H and O–H groups in total. The van der Waals surface area contributed by atoms with Crippen LogP contribution in [0.3, 0.4) is 0 Å². The summed E-state index contributed by atoms with van der Waals surface area (Å²) in [5, 5.41) is 3.38. The number of nitrogens with one attached hydrogen (secondary N) is 1. The zero-order valence-electron chi connectivity index (χ0n) is 7.53. The van der Waals surface area contributed by atoms with Crippen LogP contribution in [0.2, 0.25) is 0 Å². The molecule has 0 aromatic rings. The van der Waals surface area contributed by atoms with Gasteiger partial charge in [-0.2, -0.15) is 0 Å². The van der Waals surface area contributed by atoms with Crippen LogP contribution in [0.5, 0.6) is 0 Å². The molecular formula is C10H19N. The summed E-state index contributed by atoms with van der Waals surface area (Å²) in [6.45, 7) is 4.92. The van der Waals surface area contributed by atoms with Gasteiger partial charge in [-0.3, -0.25) is 0 Å². The molecule has 2 aliphatic rings. The molecule has 64 valence electrons. The van der Waals surface area contributed by atoms with Crippen molar-refractivity contribution in [1.29, 1.82) is 0 Å². The normalized spacial score (nSPS) is 28.1. The van der Waals surface area contributed by atoms with Gasteiger partial charge in [0, 0.05) is 13.1 Å². The van der Waals surface area contributed by atoms with Crippen molar-refractivity contribution in [3.8, 4) is 0 Å². The Morgan fingerprint density at radius 3 is 2.55 bits per heavy atom. The van der Waals surface area contributed by atoms with Gasteiger partial charge < -0.3 is 5.32 Å². The maximum absolute atomic E-state index is 3.38. The summed E-state index contributed by atoms with van der Waals surface area (Å²) in [6.07, 6.45) is 7.38. The minimum Gasteiger partial charge on any atom is -0.316 e. The fourth-order valence-electron chi connectivity index (χ4n) is 2.63. The summed E-state index contributed by atoms with van der Waals surface area (Å²) < 4.78 is 0. The largest absolute Gasteiger partial charge is 0.316 e. The van der Waals surface area contributed by atoms with E-state index in [4.69, 9.17) is 0 Å². The summed E-state index contributed by atoms with van der Waals surface area (Å²) in [5.41, 5.74) is 0.804. The number of hydrogen-bond acceptors (Lipinski definition) is 1. The molecule has 1 saturated carbocycles. The molecule has 1 aliphatic carbocycles. The molecule has 1 spiro atoms. The molecule has 0 aromatic carbocycles. The van der Waals surface area contributed by atoms with E-state index in [1.54, 1.807) is 0 Å². The Labute approximate surface area is 69.6 Å². The molecule has 0 unspecified atom stereocenters. The standard InChI is InChI=1S/C10H19N/c1-2-3-4-9-5-10(6-9)7-11-8-10/h9,11H,2-8H2,1H3. The molecule has 0 amide bonds. The molecule has 0 atom stereocenters. The van der Waals surface area contributed by atoms with E-state index in [0.717, 1.165) is 11.3 Å². The first-order chi connectivity index (χ1) is 5.35. The lowest BCUT2D eigenvalue weighted by atomic mass is 9.57. The van der Waals surface area contributed by atoms with Crippen LogP contribution >= 0.6 is 0 Å². The van der Waals surface area contributed by atoms with Crippen molar-refractivity contribution in [1.82, 2.24) is 5.32 Å². The van der Waals surface area contributed by atoms with E-state index in [1.165, 1.54) is 45.2 Å². The van der Waals surface area contributed by atoms with Gasteiger partial charge in [-0.15, -0.1) is 0 Å². The third-order valence-electron chi connectivity index (χ3n) is 3.41. The van der Waals surface area contributed by atoms with Crippen LogP contribution in [0.1, 0.15) is 39.0 Å². The van der Waals surface area contributed by atoms with E-state index >= 15 is 0 Å². The van der Waals surface area contributed by atoms with Gasteiger partial charge in [0.2, 0.25) is 0 Å². The SMILES string of the molecule is CCCCC1CC2(CNC2)C1. The smallest absolute Gasteiger partial charge is 0.00204 e. The van der Waals surface area contributed by atoms with E-state index in [9.17, 15) is 0 Å². The Kier molecular flexibility index (Phi) is 1.92. The van der Waals surface area contributed by atoms with Gasteiger partial charge in [0.1, 0.15) is 0 Å². The first-order valence-electron chi connectivity index (χ1n) is 5.05.